The average Bonchev–Trinajstić information content (AvgIpc) is 2.42. The summed E-state index contributed by atoms with van der Waals surface area (Å²) >= 11 is 6.05. The lowest BCUT2D eigenvalue weighted by Crippen LogP contribution is -2.19. The molecule has 0 aliphatic carbocycles. The van der Waals surface area contributed by atoms with Gasteiger partial charge in [0, 0.05) is 24.2 Å². The van der Waals surface area contributed by atoms with E-state index in [1.807, 2.05) is 0 Å². The average molecular weight is 273 g/mol. The normalized spacial score (nSPS) is 12.2. The van der Waals surface area contributed by atoms with Gasteiger partial charge in [-0.1, -0.05) is 6.92 Å². The number of pyridine rings is 1. The fraction of sp³-hybridized carbons (Fsp3) is 0.615. The van der Waals surface area contributed by atoms with E-state index in [9.17, 15) is 0 Å². The maximum atomic E-state index is 6.05. The van der Waals surface area contributed by atoms with Crippen LogP contribution in [0.5, 0.6) is 11.5 Å². The Bertz CT molecular complexity index is 361. The van der Waals surface area contributed by atoms with Gasteiger partial charge in [0.1, 0.15) is 0 Å². The lowest BCUT2D eigenvalue weighted by atomic mass is 10.2. The molecule has 0 saturated carbocycles. The second-order valence-electron chi connectivity index (χ2n) is 3.96. The number of nitrogens with one attached hydrogen (secondary N) is 1. The summed E-state index contributed by atoms with van der Waals surface area (Å²) in [6, 6.07) is 1.79. The van der Waals surface area contributed by atoms with Gasteiger partial charge in [-0.2, -0.15) is 0 Å². The summed E-state index contributed by atoms with van der Waals surface area (Å²) in [6.07, 6.45) is 3.66. The summed E-state index contributed by atoms with van der Waals surface area (Å²) in [5, 5.41) is 3.54. The number of aromatic nitrogens is 1. The van der Waals surface area contributed by atoms with Crippen LogP contribution < -0.4 is 14.8 Å². The third-order valence-electron chi connectivity index (χ3n) is 2.74. The fourth-order valence-corrected chi connectivity index (χ4v) is 1.76. The Morgan fingerprint density at radius 2 is 2.17 bits per heavy atom. The van der Waals surface area contributed by atoms with Gasteiger partial charge in [-0.05, 0) is 19.4 Å². The van der Waals surface area contributed by atoms with Crippen LogP contribution in [0.15, 0.2) is 12.3 Å². The highest BCUT2D eigenvalue weighted by Crippen LogP contribution is 2.28. The summed E-state index contributed by atoms with van der Waals surface area (Å²) in [5.41, 5.74) is 0.847. The van der Waals surface area contributed by atoms with E-state index in [1.165, 1.54) is 0 Å². The van der Waals surface area contributed by atoms with E-state index >= 15 is 0 Å². The number of methoxy groups -OCH3 is 2. The van der Waals surface area contributed by atoms with Gasteiger partial charge in [-0.3, -0.25) is 4.98 Å². The second-order valence-corrected chi connectivity index (χ2v) is 4.58. The molecular weight excluding hydrogens is 252 g/mol. The van der Waals surface area contributed by atoms with Crippen molar-refractivity contribution in [3.8, 4) is 11.5 Å². The first-order valence-electron chi connectivity index (χ1n) is 6.13. The zero-order valence-corrected chi connectivity index (χ0v) is 12.0. The van der Waals surface area contributed by atoms with Crippen LogP contribution in [0, 0.1) is 0 Å². The van der Waals surface area contributed by atoms with Gasteiger partial charge in [-0.15, -0.1) is 11.6 Å². The first kappa shape index (κ1) is 15.1. The highest BCUT2D eigenvalue weighted by atomic mass is 35.5. The van der Waals surface area contributed by atoms with E-state index in [0.717, 1.165) is 25.1 Å². The number of rotatable bonds is 8. The maximum Gasteiger partial charge on any atom is 0.183 e. The van der Waals surface area contributed by atoms with Crippen LogP contribution in [0.2, 0.25) is 0 Å². The molecule has 1 N–H and O–H groups in total. The van der Waals surface area contributed by atoms with Crippen molar-refractivity contribution in [3.63, 3.8) is 0 Å². The molecule has 5 heteroatoms. The lowest BCUT2D eigenvalue weighted by molar-refractivity contribution is 0.348. The third kappa shape index (κ3) is 4.35. The standard InChI is InChI=1S/C13H21ClN2O2/c1-4-10(14)5-7-15-9-11-13(18-3)12(17-2)6-8-16-11/h6,8,10,15H,4-5,7,9H2,1-3H3. The molecule has 1 heterocycles. The van der Waals surface area contributed by atoms with Crippen molar-refractivity contribution < 1.29 is 9.47 Å². The van der Waals surface area contributed by atoms with Gasteiger partial charge in [0.25, 0.3) is 0 Å². The molecule has 1 aromatic rings. The molecule has 0 radical (unpaired) electrons. The van der Waals surface area contributed by atoms with E-state index in [2.05, 4.69) is 17.2 Å². The molecule has 0 saturated heterocycles. The number of ether oxygens (including phenoxy) is 2. The van der Waals surface area contributed by atoms with Crippen molar-refractivity contribution in [1.82, 2.24) is 10.3 Å². The largest absolute Gasteiger partial charge is 0.493 e. The third-order valence-corrected chi connectivity index (χ3v) is 3.26. The Kier molecular flexibility index (Phi) is 6.83. The number of hydrogen-bond acceptors (Lipinski definition) is 4. The maximum absolute atomic E-state index is 6.05. The molecule has 1 aromatic heterocycles. The lowest BCUT2D eigenvalue weighted by Gasteiger charge is -2.12. The van der Waals surface area contributed by atoms with Crippen LogP contribution in [-0.4, -0.2) is 31.1 Å². The zero-order valence-electron chi connectivity index (χ0n) is 11.2. The SMILES string of the molecule is CCC(Cl)CCNCc1nccc(OC)c1OC. The predicted octanol–water partition coefficient (Wildman–Crippen LogP) is 2.60. The van der Waals surface area contributed by atoms with Gasteiger partial charge < -0.3 is 14.8 Å². The number of nitrogens with zero attached hydrogens (tertiary/aromatic N) is 1. The van der Waals surface area contributed by atoms with Gasteiger partial charge in [0.05, 0.1) is 19.9 Å². The van der Waals surface area contributed by atoms with E-state index < -0.39 is 0 Å². The summed E-state index contributed by atoms with van der Waals surface area (Å²) < 4.78 is 10.5. The van der Waals surface area contributed by atoms with Gasteiger partial charge in [0.2, 0.25) is 0 Å². The molecular formula is C13H21ClN2O2. The molecule has 0 fully saturated rings. The summed E-state index contributed by atoms with van der Waals surface area (Å²) in [4.78, 5) is 4.29. The molecule has 1 unspecified atom stereocenters. The Labute approximate surface area is 114 Å². The van der Waals surface area contributed by atoms with Crippen LogP contribution >= 0.6 is 11.6 Å². The molecule has 0 spiro atoms. The predicted molar refractivity (Wildman–Crippen MR) is 73.6 cm³/mol. The first-order chi connectivity index (χ1) is 8.72. The fourth-order valence-electron chi connectivity index (χ4n) is 1.65. The minimum Gasteiger partial charge on any atom is -0.493 e. The highest BCUT2D eigenvalue weighted by molar-refractivity contribution is 6.20. The Morgan fingerprint density at radius 1 is 1.39 bits per heavy atom. The van der Waals surface area contributed by atoms with E-state index in [-0.39, 0.29) is 5.38 Å². The first-order valence-corrected chi connectivity index (χ1v) is 6.57. The van der Waals surface area contributed by atoms with E-state index in [4.69, 9.17) is 21.1 Å². The van der Waals surface area contributed by atoms with Crippen LogP contribution in [0.3, 0.4) is 0 Å². The highest BCUT2D eigenvalue weighted by Gasteiger charge is 2.10. The zero-order chi connectivity index (χ0) is 13.4. The molecule has 4 nitrogen and oxygen atoms in total. The van der Waals surface area contributed by atoms with Crippen molar-refractivity contribution in [3.05, 3.63) is 18.0 Å². The van der Waals surface area contributed by atoms with Crippen molar-refractivity contribution in [2.24, 2.45) is 0 Å². The number of alkyl halides is 1. The monoisotopic (exact) mass is 272 g/mol. The quantitative estimate of drug-likeness (QED) is 0.584. The van der Waals surface area contributed by atoms with Crippen LogP contribution in [-0.2, 0) is 6.54 Å². The Morgan fingerprint density at radius 3 is 2.78 bits per heavy atom. The van der Waals surface area contributed by atoms with Crippen LogP contribution in [0.4, 0.5) is 0 Å². The molecule has 0 aliphatic rings. The molecule has 0 amide bonds. The van der Waals surface area contributed by atoms with Crippen LogP contribution in [0.25, 0.3) is 0 Å². The molecule has 1 atom stereocenters. The van der Waals surface area contributed by atoms with E-state index in [0.29, 0.717) is 18.0 Å². The van der Waals surface area contributed by atoms with E-state index in [1.54, 1.807) is 26.5 Å². The molecule has 102 valence electrons. The minimum absolute atomic E-state index is 0.234. The molecule has 18 heavy (non-hydrogen) atoms. The Hall–Kier alpha value is -1.00. The van der Waals surface area contributed by atoms with Crippen molar-refractivity contribution in [1.29, 1.82) is 0 Å². The van der Waals surface area contributed by atoms with Crippen LogP contribution in [0.1, 0.15) is 25.5 Å². The molecule has 0 bridgehead atoms. The summed E-state index contributed by atoms with van der Waals surface area (Å²) in [7, 11) is 3.24. The van der Waals surface area contributed by atoms with Gasteiger partial charge in [0.15, 0.2) is 11.5 Å². The van der Waals surface area contributed by atoms with Crippen molar-refractivity contribution in [2.45, 2.75) is 31.7 Å². The summed E-state index contributed by atoms with van der Waals surface area (Å²) in [5.74, 6) is 1.39. The van der Waals surface area contributed by atoms with Crippen molar-refractivity contribution >= 4 is 11.6 Å². The number of halogens is 1. The molecule has 0 aromatic carbocycles. The summed E-state index contributed by atoms with van der Waals surface area (Å²) in [6.45, 7) is 3.60. The smallest absolute Gasteiger partial charge is 0.183 e. The van der Waals surface area contributed by atoms with Gasteiger partial charge >= 0.3 is 0 Å². The second kappa shape index (κ2) is 8.16. The molecule has 1 rings (SSSR count). The topological polar surface area (TPSA) is 43.4 Å². The Balaban J connectivity index is 2.51. The number of hydrogen-bond donors (Lipinski definition) is 1. The molecule has 0 aliphatic heterocycles. The van der Waals surface area contributed by atoms with Gasteiger partial charge in [-0.25, -0.2) is 0 Å². The minimum atomic E-state index is 0.234. The van der Waals surface area contributed by atoms with Crippen molar-refractivity contribution in [2.75, 3.05) is 20.8 Å².